The Bertz CT molecular complexity index is 312. The van der Waals surface area contributed by atoms with Crippen LogP contribution in [-0.4, -0.2) is 13.0 Å². The van der Waals surface area contributed by atoms with Gasteiger partial charge in [-0.05, 0) is 34.1 Å². The average Bonchev–Trinajstić information content (AvgIpc) is 2.05. The Balaban J connectivity index is 3.17. The van der Waals surface area contributed by atoms with Gasteiger partial charge in [0, 0.05) is 4.47 Å². The summed E-state index contributed by atoms with van der Waals surface area (Å²) >= 11 is 3.20. The largest absolute Gasteiger partial charge is 0.497 e. The topological polar surface area (TPSA) is 52.3 Å². The number of carbonyl (C=O) groups excluding carboxylic acids is 1. The molecule has 0 saturated carbocycles. The lowest BCUT2D eigenvalue weighted by Gasteiger charge is -2.02. The average molecular weight is 230 g/mol. The molecule has 12 heavy (non-hydrogen) atoms. The zero-order valence-corrected chi connectivity index (χ0v) is 8.09. The Morgan fingerprint density at radius 2 is 2.25 bits per heavy atom. The summed E-state index contributed by atoms with van der Waals surface area (Å²) in [6.07, 6.45) is 0. The third kappa shape index (κ3) is 1.76. The van der Waals surface area contributed by atoms with Gasteiger partial charge in [-0.1, -0.05) is 0 Å². The van der Waals surface area contributed by atoms with Crippen molar-refractivity contribution in [3.8, 4) is 5.75 Å². The first kappa shape index (κ1) is 9.06. The number of amides is 1. The Morgan fingerprint density at radius 1 is 1.58 bits per heavy atom. The fraction of sp³-hybridized carbons (Fsp3) is 0.125. The fourth-order valence-electron chi connectivity index (χ4n) is 0.820. The molecule has 0 unspecified atom stereocenters. The van der Waals surface area contributed by atoms with Crippen LogP contribution in [0.3, 0.4) is 0 Å². The van der Waals surface area contributed by atoms with Crippen molar-refractivity contribution >= 4 is 21.8 Å². The minimum atomic E-state index is -0.472. The van der Waals surface area contributed by atoms with Crippen LogP contribution < -0.4 is 10.5 Å². The maximum Gasteiger partial charge on any atom is 0.249 e. The summed E-state index contributed by atoms with van der Waals surface area (Å²) < 4.78 is 5.61. The van der Waals surface area contributed by atoms with Crippen LogP contribution >= 0.6 is 15.9 Å². The van der Waals surface area contributed by atoms with Crippen molar-refractivity contribution in [1.29, 1.82) is 0 Å². The molecule has 0 aliphatic heterocycles. The summed E-state index contributed by atoms with van der Waals surface area (Å²) in [6.45, 7) is 0. The van der Waals surface area contributed by atoms with Crippen LogP contribution in [0, 0.1) is 0 Å². The molecule has 0 bridgehead atoms. The molecule has 0 atom stereocenters. The number of primary amides is 1. The first-order valence-electron chi connectivity index (χ1n) is 3.28. The third-order valence-electron chi connectivity index (χ3n) is 1.44. The molecule has 1 aromatic rings. The molecule has 0 spiro atoms. The van der Waals surface area contributed by atoms with Crippen molar-refractivity contribution < 1.29 is 9.53 Å². The predicted molar refractivity (Wildman–Crippen MR) is 49.2 cm³/mol. The predicted octanol–water partition coefficient (Wildman–Crippen LogP) is 1.56. The van der Waals surface area contributed by atoms with E-state index in [4.69, 9.17) is 10.5 Å². The van der Waals surface area contributed by atoms with Crippen molar-refractivity contribution in [3.05, 3.63) is 28.2 Å². The molecule has 0 heterocycles. The maximum absolute atomic E-state index is 10.8. The summed E-state index contributed by atoms with van der Waals surface area (Å²) in [6, 6.07) is 5.06. The van der Waals surface area contributed by atoms with Gasteiger partial charge in [0.05, 0.1) is 12.7 Å². The van der Waals surface area contributed by atoms with Crippen LogP contribution in [-0.2, 0) is 0 Å². The normalized spacial score (nSPS) is 9.50. The van der Waals surface area contributed by atoms with Gasteiger partial charge in [0.15, 0.2) is 0 Å². The fourth-order valence-corrected chi connectivity index (χ4v) is 1.26. The molecular weight excluding hydrogens is 222 g/mol. The quantitative estimate of drug-likeness (QED) is 0.837. The molecule has 0 aromatic heterocycles. The molecular formula is C8H8BrNO2. The van der Waals surface area contributed by atoms with E-state index in [9.17, 15) is 4.79 Å². The van der Waals surface area contributed by atoms with E-state index in [0.717, 1.165) is 0 Å². The standard InChI is InChI=1S/C8H8BrNO2/c1-12-5-2-3-7(9)6(4-5)8(10)11/h2-4H,1H3,(H2,10,11). The second kappa shape index (κ2) is 3.58. The van der Waals surface area contributed by atoms with Crippen molar-refractivity contribution in [2.45, 2.75) is 0 Å². The van der Waals surface area contributed by atoms with Gasteiger partial charge in [0.25, 0.3) is 0 Å². The van der Waals surface area contributed by atoms with Crippen LogP contribution in [0.5, 0.6) is 5.75 Å². The maximum atomic E-state index is 10.8. The highest BCUT2D eigenvalue weighted by Gasteiger charge is 2.06. The van der Waals surface area contributed by atoms with Crippen molar-refractivity contribution in [2.24, 2.45) is 5.73 Å². The molecule has 0 fully saturated rings. The number of nitrogens with two attached hydrogens (primary N) is 1. The summed E-state index contributed by atoms with van der Waals surface area (Å²) in [5.74, 6) is 0.146. The smallest absolute Gasteiger partial charge is 0.249 e. The first-order valence-corrected chi connectivity index (χ1v) is 4.08. The van der Waals surface area contributed by atoms with E-state index in [1.54, 1.807) is 18.2 Å². The lowest BCUT2D eigenvalue weighted by atomic mass is 10.2. The molecule has 1 rings (SSSR count). The summed E-state index contributed by atoms with van der Waals surface area (Å²) in [5, 5.41) is 0. The summed E-state index contributed by atoms with van der Waals surface area (Å²) in [7, 11) is 1.54. The van der Waals surface area contributed by atoms with Gasteiger partial charge in [-0.3, -0.25) is 4.79 Å². The number of hydrogen-bond donors (Lipinski definition) is 1. The first-order chi connectivity index (χ1) is 5.65. The molecule has 0 radical (unpaired) electrons. The van der Waals surface area contributed by atoms with E-state index in [1.807, 2.05) is 0 Å². The monoisotopic (exact) mass is 229 g/mol. The van der Waals surface area contributed by atoms with E-state index in [2.05, 4.69) is 15.9 Å². The Labute approximate surface area is 78.6 Å². The van der Waals surface area contributed by atoms with Crippen LogP contribution in [0.1, 0.15) is 10.4 Å². The van der Waals surface area contributed by atoms with E-state index in [-0.39, 0.29) is 0 Å². The molecule has 3 nitrogen and oxygen atoms in total. The zero-order chi connectivity index (χ0) is 9.14. The Hall–Kier alpha value is -1.03. The molecule has 64 valence electrons. The Kier molecular flexibility index (Phi) is 2.70. The number of carbonyl (C=O) groups is 1. The number of hydrogen-bond acceptors (Lipinski definition) is 2. The van der Waals surface area contributed by atoms with Crippen LogP contribution in [0.4, 0.5) is 0 Å². The number of benzene rings is 1. The number of ether oxygens (including phenoxy) is 1. The van der Waals surface area contributed by atoms with Gasteiger partial charge in [0.1, 0.15) is 5.75 Å². The van der Waals surface area contributed by atoms with Gasteiger partial charge < -0.3 is 10.5 Å². The Morgan fingerprint density at radius 3 is 2.75 bits per heavy atom. The van der Waals surface area contributed by atoms with E-state index in [1.165, 1.54) is 7.11 Å². The molecule has 0 aliphatic carbocycles. The number of methoxy groups -OCH3 is 1. The molecule has 0 aliphatic rings. The molecule has 2 N–H and O–H groups in total. The highest BCUT2D eigenvalue weighted by Crippen LogP contribution is 2.21. The lowest BCUT2D eigenvalue weighted by molar-refractivity contribution is 0.0999. The van der Waals surface area contributed by atoms with Gasteiger partial charge in [-0.15, -0.1) is 0 Å². The number of halogens is 1. The number of rotatable bonds is 2. The van der Waals surface area contributed by atoms with Gasteiger partial charge in [0.2, 0.25) is 5.91 Å². The minimum Gasteiger partial charge on any atom is -0.497 e. The van der Waals surface area contributed by atoms with Crippen molar-refractivity contribution in [2.75, 3.05) is 7.11 Å². The zero-order valence-electron chi connectivity index (χ0n) is 6.50. The highest BCUT2D eigenvalue weighted by atomic mass is 79.9. The molecule has 1 amide bonds. The third-order valence-corrected chi connectivity index (χ3v) is 2.13. The molecule has 1 aromatic carbocycles. The molecule has 0 saturated heterocycles. The highest BCUT2D eigenvalue weighted by molar-refractivity contribution is 9.10. The van der Waals surface area contributed by atoms with E-state index >= 15 is 0 Å². The van der Waals surface area contributed by atoms with Crippen molar-refractivity contribution in [3.63, 3.8) is 0 Å². The van der Waals surface area contributed by atoms with Gasteiger partial charge in [-0.25, -0.2) is 0 Å². The van der Waals surface area contributed by atoms with Gasteiger partial charge >= 0.3 is 0 Å². The summed E-state index contributed by atoms with van der Waals surface area (Å²) in [5.41, 5.74) is 5.54. The van der Waals surface area contributed by atoms with Crippen LogP contribution in [0.15, 0.2) is 22.7 Å². The van der Waals surface area contributed by atoms with Crippen LogP contribution in [0.25, 0.3) is 0 Å². The minimum absolute atomic E-state index is 0.425. The SMILES string of the molecule is COc1ccc(Br)c(C(N)=O)c1. The second-order valence-electron chi connectivity index (χ2n) is 2.21. The van der Waals surface area contributed by atoms with E-state index < -0.39 is 5.91 Å². The molecule has 4 heteroatoms. The summed E-state index contributed by atoms with van der Waals surface area (Å²) in [4.78, 5) is 10.8. The second-order valence-corrected chi connectivity index (χ2v) is 3.06. The van der Waals surface area contributed by atoms with Crippen LogP contribution in [0.2, 0.25) is 0 Å². The van der Waals surface area contributed by atoms with E-state index in [0.29, 0.717) is 15.8 Å². The lowest BCUT2D eigenvalue weighted by Crippen LogP contribution is -2.11. The van der Waals surface area contributed by atoms with Gasteiger partial charge in [-0.2, -0.15) is 0 Å². The van der Waals surface area contributed by atoms with Crippen molar-refractivity contribution in [1.82, 2.24) is 0 Å².